The number of halogens is 9. The van der Waals surface area contributed by atoms with Crippen molar-refractivity contribution in [2.24, 2.45) is 17.2 Å². The van der Waals surface area contributed by atoms with Crippen LogP contribution in [0.3, 0.4) is 0 Å². The molecule has 86 heavy (non-hydrogen) atoms. The van der Waals surface area contributed by atoms with E-state index in [9.17, 15) is 58.8 Å². The largest absolute Gasteiger partial charge is 0.573 e. The summed E-state index contributed by atoms with van der Waals surface area (Å²) < 4.78 is 147. The Hall–Kier alpha value is -9.21. The van der Waals surface area contributed by atoms with Crippen molar-refractivity contribution in [3.63, 3.8) is 0 Å². The second-order valence-electron chi connectivity index (χ2n) is 19.5. The zero-order valence-corrected chi connectivity index (χ0v) is 46.3. The van der Waals surface area contributed by atoms with Crippen molar-refractivity contribution in [3.8, 4) is 17.5 Å². The summed E-state index contributed by atoms with van der Waals surface area (Å²) in [5.41, 5.74) is 16.7. The summed E-state index contributed by atoms with van der Waals surface area (Å²) in [6.07, 6.45) is -5.15. The van der Waals surface area contributed by atoms with Crippen LogP contribution in [-0.2, 0) is 52.7 Å². The maximum absolute atomic E-state index is 14.5. The zero-order valence-electron chi connectivity index (χ0n) is 45.4. The third kappa shape index (κ3) is 14.0. The topological polar surface area (TPSA) is 269 Å². The molecule has 9 rings (SSSR count). The summed E-state index contributed by atoms with van der Waals surface area (Å²) in [5.74, 6) is -5.83. The van der Waals surface area contributed by atoms with Crippen molar-refractivity contribution in [2.45, 2.75) is 79.1 Å². The molecule has 7 N–H and O–H groups in total. The molecule has 0 unspecified atom stereocenters. The summed E-state index contributed by atoms with van der Waals surface area (Å²) in [7, 11) is -5.07. The van der Waals surface area contributed by atoms with Crippen LogP contribution in [0.15, 0.2) is 110 Å². The number of hydrogen-bond donors (Lipinski definition) is 4. The second-order valence-corrected chi connectivity index (χ2v) is 21.2. The minimum Gasteiger partial charge on any atom is -0.365 e. The molecule has 19 nitrogen and oxygen atoms in total. The third-order valence-electron chi connectivity index (χ3n) is 13.3. The molecular weight excluding hydrogens is 1170 g/mol. The minimum absolute atomic E-state index is 0.00923. The quantitative estimate of drug-likeness (QED) is 0.0324. The molecule has 0 bridgehead atoms. The summed E-state index contributed by atoms with van der Waals surface area (Å²) in [6, 6.07) is 17.7. The Morgan fingerprint density at radius 1 is 0.453 bits per heavy atom. The van der Waals surface area contributed by atoms with Crippen molar-refractivity contribution in [3.05, 3.63) is 228 Å². The van der Waals surface area contributed by atoms with E-state index in [0.717, 1.165) is 50.4 Å². The average molecular weight is 1220 g/mol. The molecule has 3 amide bonds. The molecule has 446 valence electrons. The molecule has 0 radical (unpaired) electrons. The Labute approximate surface area is 482 Å². The van der Waals surface area contributed by atoms with E-state index >= 15 is 0 Å². The van der Waals surface area contributed by atoms with Crippen LogP contribution >= 0.6 is 8.17 Å². The molecule has 6 heterocycles. The number of alkyl halides is 6. The summed E-state index contributed by atoms with van der Waals surface area (Å²) in [6.45, 7) is 1.66. The first-order valence-electron chi connectivity index (χ1n) is 25.6. The van der Waals surface area contributed by atoms with Crippen molar-refractivity contribution < 1.29 is 72.4 Å². The number of nitrogens with zero attached hydrogens (tertiary/aromatic N) is 9. The molecule has 6 aromatic heterocycles. The third-order valence-corrected chi connectivity index (χ3v) is 14.7. The molecule has 29 heteroatoms. The lowest BCUT2D eigenvalue weighted by Crippen LogP contribution is -2.19. The van der Waals surface area contributed by atoms with Crippen LogP contribution in [0.1, 0.15) is 135 Å². The number of amides is 3. The number of carbonyl (C=O) groups is 3. The number of nitrogens with two attached hydrogens (primary N) is 3. The van der Waals surface area contributed by atoms with E-state index in [-0.39, 0.29) is 104 Å². The fourth-order valence-electron chi connectivity index (χ4n) is 9.67. The van der Waals surface area contributed by atoms with Crippen molar-refractivity contribution in [2.75, 3.05) is 0 Å². The first kappa shape index (κ1) is 61.4. The van der Waals surface area contributed by atoms with Crippen LogP contribution < -0.4 is 17.2 Å². The van der Waals surface area contributed by atoms with Gasteiger partial charge in [0.25, 0.3) is 37.0 Å². The monoisotopic (exact) mass is 1220 g/mol. The summed E-state index contributed by atoms with van der Waals surface area (Å²) in [5, 5.41) is 13.4. The first-order chi connectivity index (χ1) is 40.8. The maximum atomic E-state index is 14.5. The van der Waals surface area contributed by atoms with Gasteiger partial charge in [0.1, 0.15) is 37.3 Å². The molecule has 0 fully saturated rings. The van der Waals surface area contributed by atoms with Crippen LogP contribution in [0.2, 0.25) is 0 Å². The van der Waals surface area contributed by atoms with E-state index < -0.39 is 99.1 Å². The molecule has 0 atom stereocenters. The number of aryl methyl sites for hydroxylation is 3. The number of hydrogen-bond acceptors (Lipinski definition) is 13. The van der Waals surface area contributed by atoms with E-state index in [0.29, 0.717) is 34.9 Å². The normalized spacial score (nSPS) is 11.9. The number of carbonyl (C=O) groups excluding carboxylic acids is 3. The van der Waals surface area contributed by atoms with Crippen molar-refractivity contribution in [1.82, 2.24) is 44.3 Å². The van der Waals surface area contributed by atoms with E-state index in [4.69, 9.17) is 30.8 Å². The number of benzene rings is 3. The number of pyridine rings is 3. The van der Waals surface area contributed by atoms with Crippen LogP contribution in [0.4, 0.5) is 39.5 Å². The van der Waals surface area contributed by atoms with Gasteiger partial charge in [-0.1, -0.05) is 0 Å². The van der Waals surface area contributed by atoms with Gasteiger partial charge in [-0.3, -0.25) is 14.4 Å². The molecule has 0 aliphatic carbocycles. The molecule has 0 aliphatic heterocycles. The smallest absolute Gasteiger partial charge is 0.365 e. The summed E-state index contributed by atoms with van der Waals surface area (Å²) >= 11 is 0. The lowest BCUT2D eigenvalue weighted by atomic mass is 10.0. The first-order valence-corrected chi connectivity index (χ1v) is 27.1. The highest BCUT2D eigenvalue weighted by Crippen LogP contribution is 2.60. The van der Waals surface area contributed by atoms with E-state index in [1.165, 1.54) is 75.8 Å². The molecule has 0 spiro atoms. The van der Waals surface area contributed by atoms with Crippen LogP contribution in [0, 0.1) is 38.2 Å². The van der Waals surface area contributed by atoms with E-state index in [1.54, 1.807) is 0 Å². The Kier molecular flexibility index (Phi) is 18.2. The van der Waals surface area contributed by atoms with E-state index in [1.807, 2.05) is 0 Å². The fraction of sp³-hybridized carbons (Fsp3) is 0.211. The molecule has 0 aliphatic rings. The lowest BCUT2D eigenvalue weighted by molar-refractivity contribution is 0.0614. The van der Waals surface area contributed by atoms with Crippen molar-refractivity contribution in [1.29, 1.82) is 0 Å². The Bertz CT molecular complexity index is 3660. The standard InChI is InChI=1S/C57H48F9N12O7P/c1-28-49(55(67)79)43(76(73-28)46-19-31(4-7-70-46)10-34-13-37(52(61)62)22-40(58)16-34)25-83-86(82,84-26-44-50(56(68)80)29(2)74-77(44)47-20-32(5-8-71-47)11-35-14-38(53(63)64)23-41(59)17-35)85-27-45-51(57(69)81)30(3)75-78(45)48-21-33(6-9-72-48)12-36-15-39(54(65)66)24-42(60)18-36/h4-9,13-24,52-54,82H,10-12,25-27H2,1-3H3,(H5-,67,68,69,79,80,81)/p+1. The maximum Gasteiger partial charge on any atom is 0.573 e. The Morgan fingerprint density at radius 3 is 0.965 bits per heavy atom. The van der Waals surface area contributed by atoms with Gasteiger partial charge in [-0.15, -0.1) is 13.6 Å². The number of primary amides is 3. The molecule has 0 saturated heterocycles. The molecule has 3 aromatic carbocycles. The minimum atomic E-state index is -5.07. The number of aromatic nitrogens is 9. The highest BCUT2D eigenvalue weighted by Gasteiger charge is 2.48. The van der Waals surface area contributed by atoms with E-state index in [2.05, 4.69) is 30.2 Å². The Morgan fingerprint density at radius 2 is 0.721 bits per heavy atom. The highest BCUT2D eigenvalue weighted by atomic mass is 31.2. The van der Waals surface area contributed by atoms with Crippen LogP contribution in [-0.4, -0.2) is 66.9 Å². The highest BCUT2D eigenvalue weighted by molar-refractivity contribution is 7.55. The number of rotatable bonds is 24. The van der Waals surface area contributed by atoms with Crippen molar-refractivity contribution >= 4 is 25.9 Å². The van der Waals surface area contributed by atoms with Gasteiger partial charge in [-0.25, -0.2) is 68.5 Å². The van der Waals surface area contributed by atoms with Gasteiger partial charge in [0.15, 0.2) is 17.5 Å². The second kappa shape index (κ2) is 25.6. The predicted octanol–water partition coefficient (Wildman–Crippen LogP) is 10.3. The lowest BCUT2D eigenvalue weighted by Gasteiger charge is -2.18. The van der Waals surface area contributed by atoms with Crippen LogP contribution in [0.25, 0.3) is 17.5 Å². The van der Waals surface area contributed by atoms with Gasteiger partial charge in [0.2, 0.25) is 0 Å². The molecule has 9 aromatic rings. The van der Waals surface area contributed by atoms with Gasteiger partial charge in [-0.05, 0) is 164 Å². The summed E-state index contributed by atoms with van der Waals surface area (Å²) in [4.78, 5) is 65.6. The van der Waals surface area contributed by atoms with Crippen LogP contribution in [0.5, 0.6) is 0 Å². The fourth-order valence-corrected chi connectivity index (χ4v) is 10.8. The molecule has 0 saturated carbocycles. The Balaban J connectivity index is 1.10. The molecular formula is C57H49F9N12O7P+. The van der Waals surface area contributed by atoms with Gasteiger partial charge >= 0.3 is 8.17 Å². The van der Waals surface area contributed by atoms with Gasteiger partial charge in [0, 0.05) is 35.3 Å². The average Bonchev–Trinajstić information content (AvgIpc) is 2.41. The SMILES string of the molecule is Cc1nn(-c2cc(Cc3cc(F)cc(C(F)F)c3)ccn2)c(CO[P+](O)(OCc2c(C(N)=O)c(C)nn2-c2cc(Cc3cc(F)cc(C(F)F)c3)ccn2)OCc2c(C(N)=O)c(C)nn2-c2cc(Cc3cc(F)cc(C(F)F)c3)ccn2)c1C(N)=O. The zero-order chi connectivity index (χ0) is 61.9. The predicted molar refractivity (Wildman–Crippen MR) is 290 cm³/mol. The van der Waals surface area contributed by atoms with Gasteiger partial charge in [-0.2, -0.15) is 20.2 Å². The van der Waals surface area contributed by atoms with Gasteiger partial charge in [0.05, 0.1) is 50.9 Å². The van der Waals surface area contributed by atoms with Gasteiger partial charge < -0.3 is 17.2 Å².